The summed E-state index contributed by atoms with van der Waals surface area (Å²) in [7, 11) is -0.943. The number of amides is 1. The van der Waals surface area contributed by atoms with Gasteiger partial charge < -0.3 is 14.7 Å². The fourth-order valence-electron chi connectivity index (χ4n) is 7.81. The summed E-state index contributed by atoms with van der Waals surface area (Å²) < 4.78 is 25.7. The van der Waals surface area contributed by atoms with Crippen LogP contribution in [0.25, 0.3) is 22.0 Å². The van der Waals surface area contributed by atoms with Crippen molar-refractivity contribution in [2.24, 2.45) is 5.41 Å². The third-order valence-electron chi connectivity index (χ3n) is 10.6. The Kier molecular flexibility index (Phi) is 9.23. The van der Waals surface area contributed by atoms with Crippen molar-refractivity contribution in [2.45, 2.75) is 64.5 Å². The molecule has 1 saturated carbocycles. The Morgan fingerprint density at radius 3 is 2.38 bits per heavy atom. The average molecular weight is 706 g/mol. The van der Waals surface area contributed by atoms with E-state index in [2.05, 4.69) is 52.0 Å². The van der Waals surface area contributed by atoms with E-state index in [0.717, 1.165) is 91.9 Å². The molecule has 0 bridgehead atoms. The number of halogens is 2. The lowest BCUT2D eigenvalue weighted by Gasteiger charge is -2.58. The van der Waals surface area contributed by atoms with Crippen LogP contribution in [0.4, 0.5) is 5.82 Å². The number of anilines is 1. The Labute approximate surface area is 287 Å². The van der Waals surface area contributed by atoms with Gasteiger partial charge in [-0.15, -0.1) is 0 Å². The Balaban J connectivity index is 0.000000300. The molecule has 1 aliphatic carbocycles. The number of nitrogens with zero attached hydrogens (tertiary/aromatic N) is 7. The molecule has 3 aliphatic heterocycles. The smallest absolute Gasteiger partial charge is 0.245 e. The molecule has 1 amide bonds. The fourth-order valence-corrected chi connectivity index (χ4v) is 9.10. The molecule has 0 radical (unpaired) electrons. The van der Waals surface area contributed by atoms with Crippen LogP contribution in [0, 0.1) is 12.3 Å². The van der Waals surface area contributed by atoms with Crippen molar-refractivity contribution >= 4 is 55.9 Å². The second-order valence-corrected chi connectivity index (χ2v) is 17.2. The molecular weight excluding hydrogens is 659 g/mol. The number of likely N-dealkylation sites (N-methyl/N-ethyl adjacent to an activating group) is 1. The molecule has 47 heavy (non-hydrogen) atoms. The van der Waals surface area contributed by atoms with Crippen LogP contribution in [0.2, 0.25) is 10.0 Å². The van der Waals surface area contributed by atoms with Gasteiger partial charge in [0.1, 0.15) is 0 Å². The van der Waals surface area contributed by atoms with Gasteiger partial charge in [0.05, 0.1) is 34.1 Å². The number of aromatic nitrogens is 4. The fraction of sp³-hybridized carbons (Fsp3) is 0.606. The molecular formula is C33H46Cl2N8O3S. The summed E-state index contributed by atoms with van der Waals surface area (Å²) in [5.41, 5.74) is 4.09. The van der Waals surface area contributed by atoms with Gasteiger partial charge in [-0.25, -0.2) is 8.42 Å². The van der Waals surface area contributed by atoms with E-state index < -0.39 is 10.0 Å². The minimum absolute atomic E-state index is 0.0143. The zero-order chi connectivity index (χ0) is 33.9. The number of piperidine rings is 1. The molecule has 11 nitrogen and oxygen atoms in total. The highest BCUT2D eigenvalue weighted by molar-refractivity contribution is 7.88. The molecule has 1 aromatic carbocycles. The molecule has 0 atom stereocenters. The van der Waals surface area contributed by atoms with E-state index in [1.54, 1.807) is 0 Å². The zero-order valence-electron chi connectivity index (χ0n) is 28.0. The summed E-state index contributed by atoms with van der Waals surface area (Å²) in [5, 5.41) is 14.6. The van der Waals surface area contributed by atoms with Crippen LogP contribution in [0.5, 0.6) is 0 Å². The Morgan fingerprint density at radius 2 is 1.77 bits per heavy atom. The number of sulfonamides is 1. The summed E-state index contributed by atoms with van der Waals surface area (Å²) in [6.45, 7) is 15.9. The van der Waals surface area contributed by atoms with Crippen molar-refractivity contribution in [3.05, 3.63) is 40.7 Å². The van der Waals surface area contributed by atoms with Crippen molar-refractivity contribution in [2.75, 3.05) is 64.0 Å². The summed E-state index contributed by atoms with van der Waals surface area (Å²) in [6, 6.07) is 2.13. The predicted molar refractivity (Wildman–Crippen MR) is 189 cm³/mol. The molecule has 3 aromatic rings. The Morgan fingerprint density at radius 1 is 1.09 bits per heavy atom. The number of piperazine rings is 1. The molecule has 14 heteroatoms. The molecule has 1 spiro atoms. The van der Waals surface area contributed by atoms with E-state index in [-0.39, 0.29) is 16.9 Å². The molecule has 2 aromatic heterocycles. The number of aromatic amines is 1. The maximum atomic E-state index is 12.0. The van der Waals surface area contributed by atoms with E-state index in [1.807, 2.05) is 24.2 Å². The number of carbonyl (C=O) groups excluding carboxylic acids is 1. The number of carbonyl (C=O) groups is 1. The van der Waals surface area contributed by atoms with E-state index in [4.69, 9.17) is 28.3 Å². The lowest BCUT2D eigenvalue weighted by atomic mass is 9.60. The molecule has 4 aliphatic rings. The highest BCUT2D eigenvalue weighted by Gasteiger charge is 2.54. The minimum Gasteiger partial charge on any atom is -0.350 e. The Bertz CT molecular complexity index is 1780. The Hall–Kier alpha value is -2.64. The van der Waals surface area contributed by atoms with Gasteiger partial charge in [0.25, 0.3) is 0 Å². The molecule has 256 valence electrons. The molecule has 1 N–H and O–H groups in total. The largest absolute Gasteiger partial charge is 0.350 e. The van der Waals surface area contributed by atoms with Crippen LogP contribution >= 0.6 is 23.2 Å². The van der Waals surface area contributed by atoms with Gasteiger partial charge in [0.15, 0.2) is 5.82 Å². The number of likely N-dealkylation sites (tertiary alicyclic amines) is 1. The van der Waals surface area contributed by atoms with Crippen LogP contribution in [0.1, 0.15) is 57.7 Å². The molecule has 3 saturated heterocycles. The summed E-state index contributed by atoms with van der Waals surface area (Å²) in [4.78, 5) is 18.4. The van der Waals surface area contributed by atoms with E-state index in [9.17, 15) is 13.2 Å². The van der Waals surface area contributed by atoms with Gasteiger partial charge in [-0.05, 0) is 72.1 Å². The standard InChI is InChI=1S/C27H32Cl2N6O.C6H14N2O2S/c1-5-21(36)33-14-27(15-33)11-17(12-27)35-16(2)22(25(32-35)34-9-7-6-8-26(34,3)4)23-18-13-30-31-20(18)10-19(28)24(23)29;1-7-3-5-8(6-4-7)11(2,9)10/h5,10,13,17H,1,6-9,11-12,14-15H2,2-4H3,(H,30,31);3-6H2,1-2H3. The lowest BCUT2D eigenvalue weighted by molar-refractivity contribution is -0.149. The van der Waals surface area contributed by atoms with Crippen LogP contribution in [0.15, 0.2) is 24.9 Å². The van der Waals surface area contributed by atoms with E-state index in [0.29, 0.717) is 29.2 Å². The maximum absolute atomic E-state index is 12.0. The third-order valence-corrected chi connectivity index (χ3v) is 12.7. The van der Waals surface area contributed by atoms with Crippen LogP contribution in [-0.2, 0) is 14.8 Å². The molecule has 5 heterocycles. The maximum Gasteiger partial charge on any atom is 0.245 e. The molecule has 4 fully saturated rings. The monoisotopic (exact) mass is 704 g/mol. The van der Waals surface area contributed by atoms with Crippen LogP contribution < -0.4 is 4.90 Å². The first-order chi connectivity index (χ1) is 22.1. The zero-order valence-corrected chi connectivity index (χ0v) is 30.3. The van der Waals surface area contributed by atoms with Gasteiger partial charge in [-0.2, -0.15) is 14.5 Å². The number of benzene rings is 1. The number of H-pyrrole nitrogens is 1. The summed E-state index contributed by atoms with van der Waals surface area (Å²) in [5.74, 6) is 0.998. The van der Waals surface area contributed by atoms with Gasteiger partial charge in [0.2, 0.25) is 15.9 Å². The normalized spacial score (nSPS) is 21.7. The van der Waals surface area contributed by atoms with Crippen molar-refractivity contribution in [3.8, 4) is 11.1 Å². The number of hydrogen-bond acceptors (Lipinski definition) is 7. The highest BCUT2D eigenvalue weighted by Crippen LogP contribution is 2.56. The predicted octanol–water partition coefficient (Wildman–Crippen LogP) is 5.35. The number of fused-ring (bicyclic) bond motifs is 1. The van der Waals surface area contributed by atoms with Gasteiger partial charge in [0, 0.05) is 79.0 Å². The second kappa shape index (κ2) is 12.7. The van der Waals surface area contributed by atoms with Crippen molar-refractivity contribution < 1.29 is 13.2 Å². The van der Waals surface area contributed by atoms with Crippen LogP contribution in [0.3, 0.4) is 0 Å². The summed E-state index contributed by atoms with van der Waals surface area (Å²) >= 11 is 13.5. The van der Waals surface area contributed by atoms with Gasteiger partial charge >= 0.3 is 0 Å². The summed E-state index contributed by atoms with van der Waals surface area (Å²) in [6.07, 6.45) is 10.00. The first kappa shape index (κ1) is 34.2. The molecule has 0 unspecified atom stereocenters. The minimum atomic E-state index is -2.94. The molecule has 7 rings (SSSR count). The van der Waals surface area contributed by atoms with Crippen molar-refractivity contribution in [1.29, 1.82) is 0 Å². The average Bonchev–Trinajstić information content (AvgIpc) is 3.56. The third kappa shape index (κ3) is 6.44. The second-order valence-electron chi connectivity index (χ2n) is 14.5. The lowest BCUT2D eigenvalue weighted by Crippen LogP contribution is -2.63. The van der Waals surface area contributed by atoms with Crippen LogP contribution in [-0.4, -0.2) is 113 Å². The number of hydrogen-bond donors (Lipinski definition) is 1. The van der Waals surface area contributed by atoms with Gasteiger partial charge in [-0.3, -0.25) is 14.6 Å². The number of rotatable bonds is 5. The topological polar surface area (TPSA) is 111 Å². The number of nitrogens with one attached hydrogen (secondary N) is 1. The van der Waals surface area contributed by atoms with Gasteiger partial charge in [-0.1, -0.05) is 29.8 Å². The van der Waals surface area contributed by atoms with Crippen molar-refractivity contribution in [1.82, 2.24) is 34.1 Å². The first-order valence-electron chi connectivity index (χ1n) is 16.4. The van der Waals surface area contributed by atoms with E-state index >= 15 is 0 Å². The first-order valence-corrected chi connectivity index (χ1v) is 19.0. The SMILES string of the molecule is C=CC(=O)N1CC2(CC(n3nc(N4CCCCC4(C)C)c(-c4c(Cl)c(Cl)cc5[nH]ncc45)c3C)C2)C1.CN1CCN(S(C)(=O)=O)CC1. The van der Waals surface area contributed by atoms with E-state index in [1.165, 1.54) is 23.1 Å². The van der Waals surface area contributed by atoms with Crippen molar-refractivity contribution in [3.63, 3.8) is 0 Å². The quantitative estimate of drug-likeness (QED) is 0.357. The highest BCUT2D eigenvalue weighted by atomic mass is 35.5.